The van der Waals surface area contributed by atoms with Gasteiger partial charge in [-0.1, -0.05) is 12.1 Å². The molecular formula is C24H31N3O4. The van der Waals surface area contributed by atoms with Crippen LogP contribution in [0, 0.1) is 6.92 Å². The van der Waals surface area contributed by atoms with Crippen molar-refractivity contribution < 1.29 is 19.1 Å². The minimum absolute atomic E-state index is 0.132. The number of aryl methyl sites for hydroxylation is 1. The number of benzene rings is 2. The molecule has 1 atom stereocenters. The molecule has 31 heavy (non-hydrogen) atoms. The van der Waals surface area contributed by atoms with Crippen molar-refractivity contribution in [2.24, 2.45) is 0 Å². The van der Waals surface area contributed by atoms with Gasteiger partial charge in [0.15, 0.2) is 11.5 Å². The number of amides is 2. The molecule has 7 heteroatoms. The summed E-state index contributed by atoms with van der Waals surface area (Å²) in [6, 6.07) is 10.8. The molecule has 1 aliphatic heterocycles. The number of rotatable bonds is 6. The van der Waals surface area contributed by atoms with E-state index in [1.807, 2.05) is 62.2 Å². The van der Waals surface area contributed by atoms with Crippen LogP contribution in [0.15, 0.2) is 36.4 Å². The van der Waals surface area contributed by atoms with Gasteiger partial charge >= 0.3 is 0 Å². The van der Waals surface area contributed by atoms with Gasteiger partial charge < -0.3 is 14.8 Å². The summed E-state index contributed by atoms with van der Waals surface area (Å²) >= 11 is 0. The highest BCUT2D eigenvalue weighted by atomic mass is 16.5. The zero-order valence-corrected chi connectivity index (χ0v) is 19.3. The summed E-state index contributed by atoms with van der Waals surface area (Å²) in [6.07, 6.45) is 0. The number of methoxy groups -OCH3 is 2. The first kappa shape index (κ1) is 22.6. The van der Waals surface area contributed by atoms with E-state index in [9.17, 15) is 9.59 Å². The lowest BCUT2D eigenvalue weighted by atomic mass is 9.95. The number of nitrogens with zero attached hydrogens (tertiary/aromatic N) is 2. The zero-order chi connectivity index (χ0) is 22.9. The van der Waals surface area contributed by atoms with E-state index in [0.717, 1.165) is 11.1 Å². The Balaban J connectivity index is 1.88. The number of likely N-dealkylation sites (N-methyl/N-ethyl adjacent to an activating group) is 1. The van der Waals surface area contributed by atoms with Crippen LogP contribution in [0.5, 0.6) is 11.5 Å². The molecule has 2 aromatic carbocycles. The Bertz CT molecular complexity index is 1000. The van der Waals surface area contributed by atoms with E-state index in [4.69, 9.17) is 9.47 Å². The maximum Gasteiger partial charge on any atom is 0.250 e. The van der Waals surface area contributed by atoms with Gasteiger partial charge in [-0.3, -0.25) is 19.4 Å². The van der Waals surface area contributed by atoms with Crippen molar-refractivity contribution in [2.75, 3.05) is 31.5 Å². The normalized spacial score (nSPS) is 15.9. The first-order valence-electron chi connectivity index (χ1n) is 10.3. The third kappa shape index (κ3) is 4.10. The average Bonchev–Trinajstić information content (AvgIpc) is 2.74. The van der Waals surface area contributed by atoms with E-state index in [1.54, 1.807) is 33.0 Å². The molecule has 0 saturated carbocycles. The number of anilines is 2. The van der Waals surface area contributed by atoms with Crippen LogP contribution in [-0.4, -0.2) is 49.6 Å². The summed E-state index contributed by atoms with van der Waals surface area (Å²) in [5.41, 5.74) is 2.44. The summed E-state index contributed by atoms with van der Waals surface area (Å²) < 4.78 is 10.8. The molecule has 166 valence electrons. The highest BCUT2D eigenvalue weighted by Crippen LogP contribution is 2.37. The molecule has 0 aliphatic carbocycles. The Kier molecular flexibility index (Phi) is 6.27. The van der Waals surface area contributed by atoms with Gasteiger partial charge in [0.25, 0.3) is 0 Å². The number of carbonyl (C=O) groups is 2. The number of hydrogen-bond acceptors (Lipinski definition) is 5. The van der Waals surface area contributed by atoms with Crippen LogP contribution < -0.4 is 19.7 Å². The van der Waals surface area contributed by atoms with Gasteiger partial charge in [0.05, 0.1) is 31.6 Å². The molecular weight excluding hydrogens is 394 g/mol. The SMILES string of the molecule is COc1cc(C)c(CN(C)[C@H](C)C(=O)N2c3ccccc3NC(=O)C2(C)C)cc1OC. The highest BCUT2D eigenvalue weighted by molar-refractivity contribution is 6.15. The summed E-state index contributed by atoms with van der Waals surface area (Å²) in [5, 5.41) is 2.90. The van der Waals surface area contributed by atoms with Gasteiger partial charge in [-0.25, -0.2) is 0 Å². The zero-order valence-electron chi connectivity index (χ0n) is 19.3. The first-order chi connectivity index (χ1) is 14.6. The molecule has 2 amide bonds. The van der Waals surface area contributed by atoms with Crippen molar-refractivity contribution >= 4 is 23.2 Å². The average molecular weight is 426 g/mol. The lowest BCUT2D eigenvalue weighted by Crippen LogP contribution is -2.61. The summed E-state index contributed by atoms with van der Waals surface area (Å²) in [5.74, 6) is 0.990. The molecule has 1 N–H and O–H groups in total. The Labute approximate surface area is 183 Å². The number of ether oxygens (including phenoxy) is 2. The standard InChI is InChI=1S/C24H31N3O4/c1-15-12-20(30-6)21(31-7)13-17(15)14-26(5)16(2)22(28)27-19-11-9-8-10-18(19)25-23(29)24(27,3)4/h8-13,16H,14H2,1-7H3,(H,25,29)/t16-/m1/s1. The van der Waals surface area contributed by atoms with E-state index in [0.29, 0.717) is 29.4 Å². The van der Waals surface area contributed by atoms with Gasteiger partial charge in [0.1, 0.15) is 5.54 Å². The summed E-state index contributed by atoms with van der Waals surface area (Å²) in [4.78, 5) is 29.9. The Morgan fingerprint density at radius 3 is 2.42 bits per heavy atom. The van der Waals surface area contributed by atoms with Gasteiger partial charge in [0, 0.05) is 6.54 Å². The molecule has 1 aliphatic rings. The molecule has 0 unspecified atom stereocenters. The van der Waals surface area contributed by atoms with Gasteiger partial charge in [-0.05, 0) is 70.1 Å². The second-order valence-electron chi connectivity index (χ2n) is 8.43. The predicted molar refractivity (Wildman–Crippen MR) is 122 cm³/mol. The van der Waals surface area contributed by atoms with E-state index in [-0.39, 0.29) is 11.8 Å². The number of carbonyl (C=O) groups excluding carboxylic acids is 2. The van der Waals surface area contributed by atoms with E-state index < -0.39 is 11.6 Å². The fraction of sp³-hybridized carbons (Fsp3) is 0.417. The minimum Gasteiger partial charge on any atom is -0.493 e. The Hall–Kier alpha value is -3.06. The van der Waals surface area contributed by atoms with Gasteiger partial charge in [-0.15, -0.1) is 0 Å². The smallest absolute Gasteiger partial charge is 0.250 e. The monoisotopic (exact) mass is 425 g/mol. The molecule has 2 aromatic rings. The lowest BCUT2D eigenvalue weighted by molar-refractivity contribution is -0.129. The highest BCUT2D eigenvalue weighted by Gasteiger charge is 2.45. The first-order valence-corrected chi connectivity index (χ1v) is 10.3. The third-order valence-electron chi connectivity index (χ3n) is 6.01. The quantitative estimate of drug-likeness (QED) is 0.766. The molecule has 0 bridgehead atoms. The second-order valence-corrected chi connectivity index (χ2v) is 8.43. The van der Waals surface area contributed by atoms with Crippen molar-refractivity contribution in [3.63, 3.8) is 0 Å². The van der Waals surface area contributed by atoms with Crippen molar-refractivity contribution in [3.05, 3.63) is 47.5 Å². The Morgan fingerprint density at radius 1 is 1.16 bits per heavy atom. The Morgan fingerprint density at radius 2 is 1.77 bits per heavy atom. The number of nitrogens with one attached hydrogen (secondary N) is 1. The molecule has 1 heterocycles. The van der Waals surface area contributed by atoms with E-state index in [1.165, 1.54) is 0 Å². The minimum atomic E-state index is -1.00. The van der Waals surface area contributed by atoms with Crippen LogP contribution in [-0.2, 0) is 16.1 Å². The van der Waals surface area contributed by atoms with E-state index >= 15 is 0 Å². The molecule has 0 fully saturated rings. The molecule has 0 spiro atoms. The van der Waals surface area contributed by atoms with Crippen LogP contribution in [0.2, 0.25) is 0 Å². The number of fused-ring (bicyclic) bond motifs is 1. The fourth-order valence-electron chi connectivity index (χ4n) is 3.82. The number of para-hydroxylation sites is 2. The van der Waals surface area contributed by atoms with Crippen molar-refractivity contribution in [3.8, 4) is 11.5 Å². The van der Waals surface area contributed by atoms with Gasteiger partial charge in [0.2, 0.25) is 11.8 Å². The van der Waals surface area contributed by atoms with Crippen molar-refractivity contribution in [1.29, 1.82) is 0 Å². The molecule has 7 nitrogen and oxygen atoms in total. The fourth-order valence-corrected chi connectivity index (χ4v) is 3.82. The van der Waals surface area contributed by atoms with Crippen molar-refractivity contribution in [2.45, 2.75) is 45.8 Å². The van der Waals surface area contributed by atoms with E-state index in [2.05, 4.69) is 5.32 Å². The van der Waals surface area contributed by atoms with Gasteiger partial charge in [-0.2, -0.15) is 0 Å². The third-order valence-corrected chi connectivity index (χ3v) is 6.01. The van der Waals surface area contributed by atoms with Crippen LogP contribution in [0.3, 0.4) is 0 Å². The number of hydrogen-bond donors (Lipinski definition) is 1. The summed E-state index contributed by atoms with van der Waals surface area (Å²) in [6.45, 7) is 7.94. The van der Waals surface area contributed by atoms with Crippen LogP contribution in [0.1, 0.15) is 31.9 Å². The molecule has 0 saturated heterocycles. The lowest BCUT2D eigenvalue weighted by Gasteiger charge is -2.44. The topological polar surface area (TPSA) is 71.1 Å². The van der Waals surface area contributed by atoms with Crippen molar-refractivity contribution in [1.82, 2.24) is 4.90 Å². The predicted octanol–water partition coefficient (Wildman–Crippen LogP) is 3.60. The second kappa shape index (κ2) is 8.59. The summed E-state index contributed by atoms with van der Waals surface area (Å²) in [7, 11) is 5.12. The maximum absolute atomic E-state index is 13.6. The molecule has 3 rings (SSSR count). The molecule has 0 aromatic heterocycles. The largest absolute Gasteiger partial charge is 0.493 e. The molecule has 0 radical (unpaired) electrons. The van der Waals surface area contributed by atoms with Crippen LogP contribution >= 0.6 is 0 Å². The maximum atomic E-state index is 13.6. The van der Waals surface area contributed by atoms with Crippen LogP contribution in [0.25, 0.3) is 0 Å². The van der Waals surface area contributed by atoms with Crippen LogP contribution in [0.4, 0.5) is 11.4 Å².